The van der Waals surface area contributed by atoms with E-state index in [2.05, 4.69) is 15.1 Å². The van der Waals surface area contributed by atoms with Gasteiger partial charge in [-0.05, 0) is 56.0 Å². The van der Waals surface area contributed by atoms with Crippen LogP contribution in [-0.2, 0) is 14.6 Å². The van der Waals surface area contributed by atoms with Gasteiger partial charge >= 0.3 is 0 Å². The third-order valence-corrected chi connectivity index (χ3v) is 7.94. The monoisotopic (exact) mass is 383 g/mol. The SMILES string of the molecule is Cc1ccc(C)c(S(=O)(=O)C2(c3nc(-c4ccncc4)no3)CCCC2)c1. The summed E-state index contributed by atoms with van der Waals surface area (Å²) >= 11 is 0. The Morgan fingerprint density at radius 3 is 2.44 bits per heavy atom. The fourth-order valence-corrected chi connectivity index (χ4v) is 6.17. The number of nitrogens with zero attached hydrogens (tertiary/aromatic N) is 3. The summed E-state index contributed by atoms with van der Waals surface area (Å²) in [7, 11) is -3.68. The van der Waals surface area contributed by atoms with E-state index in [0.29, 0.717) is 23.6 Å². The number of hydrogen-bond donors (Lipinski definition) is 0. The van der Waals surface area contributed by atoms with Crippen molar-refractivity contribution in [1.29, 1.82) is 0 Å². The Hall–Kier alpha value is -2.54. The average Bonchev–Trinajstić information content (AvgIpc) is 3.34. The zero-order valence-corrected chi connectivity index (χ0v) is 16.2. The molecule has 0 spiro atoms. The summed E-state index contributed by atoms with van der Waals surface area (Å²) in [5.74, 6) is 0.572. The van der Waals surface area contributed by atoms with Gasteiger partial charge in [0.25, 0.3) is 0 Å². The van der Waals surface area contributed by atoms with Crippen molar-refractivity contribution in [2.45, 2.75) is 49.2 Å². The molecule has 0 saturated heterocycles. The van der Waals surface area contributed by atoms with Crippen LogP contribution < -0.4 is 0 Å². The topological polar surface area (TPSA) is 86.0 Å². The minimum atomic E-state index is -3.68. The molecule has 3 aromatic rings. The second-order valence-electron chi connectivity index (χ2n) is 7.13. The van der Waals surface area contributed by atoms with Gasteiger partial charge in [0.1, 0.15) is 0 Å². The zero-order chi connectivity index (χ0) is 19.1. The molecule has 0 bridgehead atoms. The van der Waals surface area contributed by atoms with Crippen molar-refractivity contribution >= 4 is 9.84 Å². The Labute approximate surface area is 158 Å². The molecule has 2 heterocycles. The van der Waals surface area contributed by atoms with E-state index in [0.717, 1.165) is 29.5 Å². The maximum absolute atomic E-state index is 13.7. The van der Waals surface area contributed by atoms with E-state index in [-0.39, 0.29) is 5.89 Å². The minimum Gasteiger partial charge on any atom is -0.337 e. The minimum absolute atomic E-state index is 0.188. The molecule has 6 nitrogen and oxygen atoms in total. The summed E-state index contributed by atoms with van der Waals surface area (Å²) in [6.45, 7) is 3.72. The van der Waals surface area contributed by atoms with Gasteiger partial charge in [-0.3, -0.25) is 4.98 Å². The third kappa shape index (κ3) is 2.86. The Morgan fingerprint density at radius 1 is 1.04 bits per heavy atom. The summed E-state index contributed by atoms with van der Waals surface area (Å²) in [6, 6.07) is 9.06. The van der Waals surface area contributed by atoms with Gasteiger partial charge in [0.05, 0.1) is 4.90 Å². The summed E-state index contributed by atoms with van der Waals surface area (Å²) in [5, 5.41) is 4.04. The van der Waals surface area contributed by atoms with Crippen molar-refractivity contribution in [1.82, 2.24) is 15.1 Å². The molecule has 0 unspecified atom stereocenters. The number of benzene rings is 1. The fraction of sp³-hybridized carbons (Fsp3) is 0.350. The number of hydrogen-bond acceptors (Lipinski definition) is 6. The largest absolute Gasteiger partial charge is 0.337 e. The van der Waals surface area contributed by atoms with Crippen LogP contribution in [0, 0.1) is 13.8 Å². The first-order valence-electron chi connectivity index (χ1n) is 9.00. The van der Waals surface area contributed by atoms with Crippen LogP contribution in [-0.4, -0.2) is 23.5 Å². The summed E-state index contributed by atoms with van der Waals surface area (Å²) in [5.41, 5.74) is 2.40. The van der Waals surface area contributed by atoms with E-state index in [1.165, 1.54) is 0 Å². The molecule has 140 valence electrons. The number of sulfone groups is 1. The molecule has 1 aromatic carbocycles. The first-order chi connectivity index (χ1) is 12.9. The van der Waals surface area contributed by atoms with Gasteiger partial charge in [-0.1, -0.05) is 30.1 Å². The first kappa shape index (κ1) is 17.9. The molecule has 0 N–H and O–H groups in total. The summed E-state index contributed by atoms with van der Waals surface area (Å²) in [4.78, 5) is 8.83. The van der Waals surface area contributed by atoms with Gasteiger partial charge in [-0.2, -0.15) is 4.98 Å². The average molecular weight is 383 g/mol. The molecule has 1 fully saturated rings. The van der Waals surface area contributed by atoms with E-state index in [9.17, 15) is 8.42 Å². The highest BCUT2D eigenvalue weighted by Gasteiger charge is 2.53. The zero-order valence-electron chi connectivity index (χ0n) is 15.3. The van der Waals surface area contributed by atoms with Crippen molar-refractivity contribution < 1.29 is 12.9 Å². The van der Waals surface area contributed by atoms with Gasteiger partial charge in [0, 0.05) is 18.0 Å². The molecule has 0 radical (unpaired) electrons. The molecular formula is C20H21N3O3S. The van der Waals surface area contributed by atoms with Crippen molar-refractivity contribution in [2.24, 2.45) is 0 Å². The predicted octanol–water partition coefficient (Wildman–Crippen LogP) is 3.99. The third-order valence-electron chi connectivity index (χ3n) is 5.31. The maximum Gasteiger partial charge on any atom is 0.248 e. The van der Waals surface area contributed by atoms with Crippen LogP contribution in [0.5, 0.6) is 0 Å². The van der Waals surface area contributed by atoms with Crippen molar-refractivity contribution in [3.63, 3.8) is 0 Å². The lowest BCUT2D eigenvalue weighted by Gasteiger charge is -2.25. The number of aryl methyl sites for hydroxylation is 2. The van der Waals surface area contributed by atoms with Crippen molar-refractivity contribution in [3.8, 4) is 11.4 Å². The standard InChI is InChI=1S/C20H21N3O3S/c1-14-5-6-15(2)17(13-14)27(24,25)20(9-3-4-10-20)19-22-18(23-26-19)16-7-11-21-12-8-16/h5-8,11-13H,3-4,9-10H2,1-2H3. The van der Waals surface area contributed by atoms with Gasteiger partial charge in [0.2, 0.25) is 11.7 Å². The fourth-order valence-electron chi connectivity index (χ4n) is 3.78. The van der Waals surface area contributed by atoms with Crippen molar-refractivity contribution in [3.05, 3.63) is 59.7 Å². The second kappa shape index (κ2) is 6.56. The van der Waals surface area contributed by atoms with Crippen LogP contribution in [0.2, 0.25) is 0 Å². The molecule has 1 aliphatic rings. The number of aromatic nitrogens is 3. The van der Waals surface area contributed by atoms with Gasteiger partial charge in [0.15, 0.2) is 14.6 Å². The van der Waals surface area contributed by atoms with Crippen LogP contribution in [0.1, 0.15) is 42.7 Å². The van der Waals surface area contributed by atoms with Crippen LogP contribution in [0.15, 0.2) is 52.1 Å². The second-order valence-corrected chi connectivity index (χ2v) is 9.36. The van der Waals surface area contributed by atoms with Crippen LogP contribution in [0.3, 0.4) is 0 Å². The Bertz CT molecular complexity index is 1070. The molecule has 27 heavy (non-hydrogen) atoms. The van der Waals surface area contributed by atoms with Crippen LogP contribution in [0.4, 0.5) is 0 Å². The smallest absolute Gasteiger partial charge is 0.248 e. The molecule has 0 aliphatic heterocycles. The number of pyridine rings is 1. The molecule has 7 heteroatoms. The predicted molar refractivity (Wildman–Crippen MR) is 101 cm³/mol. The van der Waals surface area contributed by atoms with E-state index >= 15 is 0 Å². The lowest BCUT2D eigenvalue weighted by Crippen LogP contribution is -2.34. The van der Waals surface area contributed by atoms with Gasteiger partial charge < -0.3 is 4.52 Å². The number of rotatable bonds is 4. The highest BCUT2D eigenvalue weighted by molar-refractivity contribution is 7.92. The van der Waals surface area contributed by atoms with Crippen LogP contribution >= 0.6 is 0 Å². The first-order valence-corrected chi connectivity index (χ1v) is 10.5. The maximum atomic E-state index is 13.7. The molecule has 2 aromatic heterocycles. The van der Waals surface area contributed by atoms with Gasteiger partial charge in [-0.15, -0.1) is 0 Å². The quantitative estimate of drug-likeness (QED) is 0.677. The molecular weight excluding hydrogens is 362 g/mol. The summed E-state index contributed by atoms with van der Waals surface area (Å²) < 4.78 is 31.8. The van der Waals surface area contributed by atoms with Crippen LogP contribution in [0.25, 0.3) is 11.4 Å². The van der Waals surface area contributed by atoms with Crippen molar-refractivity contribution in [2.75, 3.05) is 0 Å². The van der Waals surface area contributed by atoms with E-state index in [1.807, 2.05) is 26.0 Å². The Morgan fingerprint density at radius 2 is 1.74 bits per heavy atom. The Kier molecular flexibility index (Phi) is 4.34. The molecule has 0 amide bonds. The van der Waals surface area contributed by atoms with E-state index in [1.54, 1.807) is 30.6 Å². The molecule has 0 atom stereocenters. The summed E-state index contributed by atoms with van der Waals surface area (Å²) in [6.07, 6.45) is 5.89. The molecule has 1 aliphatic carbocycles. The Balaban J connectivity index is 1.85. The highest BCUT2D eigenvalue weighted by Crippen LogP contribution is 2.48. The molecule has 4 rings (SSSR count). The van der Waals surface area contributed by atoms with Gasteiger partial charge in [-0.25, -0.2) is 8.42 Å². The lowest BCUT2D eigenvalue weighted by atomic mass is 10.1. The van der Waals surface area contributed by atoms with E-state index < -0.39 is 14.6 Å². The lowest BCUT2D eigenvalue weighted by molar-refractivity contribution is 0.330. The highest BCUT2D eigenvalue weighted by atomic mass is 32.2. The normalized spacial score (nSPS) is 16.5. The van der Waals surface area contributed by atoms with E-state index in [4.69, 9.17) is 4.52 Å². The molecule has 1 saturated carbocycles.